The van der Waals surface area contributed by atoms with Crippen molar-refractivity contribution in [3.63, 3.8) is 0 Å². The molecule has 0 saturated carbocycles. The van der Waals surface area contributed by atoms with Gasteiger partial charge in [-0.25, -0.2) is 8.78 Å². The van der Waals surface area contributed by atoms with Gasteiger partial charge in [-0.15, -0.1) is 0 Å². The summed E-state index contributed by atoms with van der Waals surface area (Å²) in [4.78, 5) is 10.8. The highest BCUT2D eigenvalue weighted by molar-refractivity contribution is 5.78. The quantitative estimate of drug-likeness (QED) is 0.590. The molecule has 0 saturated heterocycles. The number of unbranched alkanes of at least 4 members (excludes halogenated alkanes) is 1. The fourth-order valence-corrected chi connectivity index (χ4v) is 0.769. The lowest BCUT2D eigenvalue weighted by Crippen LogP contribution is -2.00. The second-order valence-corrected chi connectivity index (χ2v) is 2.57. The topological polar surface area (TPSA) is 17.1 Å². The van der Waals surface area contributed by atoms with Crippen molar-refractivity contribution < 1.29 is 13.6 Å². The number of carbonyl (C=O) groups is 1. The van der Waals surface area contributed by atoms with Crippen LogP contribution in [0.3, 0.4) is 0 Å². The van der Waals surface area contributed by atoms with Crippen molar-refractivity contribution in [2.45, 2.75) is 45.5 Å². The van der Waals surface area contributed by atoms with Gasteiger partial charge in [0.25, 0.3) is 0 Å². The van der Waals surface area contributed by atoms with Gasteiger partial charge in [-0.05, 0) is 6.42 Å². The summed E-state index contributed by atoms with van der Waals surface area (Å²) >= 11 is 0. The van der Waals surface area contributed by atoms with Crippen molar-refractivity contribution in [1.29, 1.82) is 0 Å². The molecule has 0 fully saturated rings. The van der Waals surface area contributed by atoms with Crippen molar-refractivity contribution >= 4 is 5.78 Å². The number of hydrogen-bond donors (Lipinski definition) is 0. The molecule has 0 aromatic heterocycles. The molecule has 0 aliphatic heterocycles. The Bertz CT molecular complexity index is 113. The standard InChI is InChI=1S/C8H14F2O/c1-2-3-4-7(11)5-6-8(9)10/h8H,2-6H2,1H3. The van der Waals surface area contributed by atoms with E-state index in [0.29, 0.717) is 6.42 Å². The van der Waals surface area contributed by atoms with Crippen LogP contribution < -0.4 is 0 Å². The monoisotopic (exact) mass is 164 g/mol. The minimum absolute atomic E-state index is 0.0350. The van der Waals surface area contributed by atoms with Gasteiger partial charge in [-0.3, -0.25) is 4.79 Å². The van der Waals surface area contributed by atoms with E-state index in [1.165, 1.54) is 0 Å². The van der Waals surface area contributed by atoms with Crippen LogP contribution in [0.4, 0.5) is 8.78 Å². The van der Waals surface area contributed by atoms with E-state index in [4.69, 9.17) is 0 Å². The highest BCUT2D eigenvalue weighted by Crippen LogP contribution is 2.06. The molecular formula is C8H14F2O. The predicted octanol–water partition coefficient (Wildman–Crippen LogP) is 2.79. The molecule has 11 heavy (non-hydrogen) atoms. The van der Waals surface area contributed by atoms with Gasteiger partial charge in [0, 0.05) is 19.3 Å². The minimum Gasteiger partial charge on any atom is -0.300 e. The normalized spacial score (nSPS) is 10.5. The lowest BCUT2D eigenvalue weighted by Gasteiger charge is -1.98. The summed E-state index contributed by atoms with van der Waals surface area (Å²) in [5.74, 6) is -0.0350. The molecule has 0 heterocycles. The molecule has 0 amide bonds. The average Bonchev–Trinajstić information content (AvgIpc) is 1.97. The first-order chi connectivity index (χ1) is 5.16. The SMILES string of the molecule is CCCCC(=O)CCC(F)F. The van der Waals surface area contributed by atoms with Gasteiger partial charge < -0.3 is 0 Å². The van der Waals surface area contributed by atoms with Crippen molar-refractivity contribution in [2.75, 3.05) is 0 Å². The largest absolute Gasteiger partial charge is 0.300 e. The third-order valence-electron chi connectivity index (χ3n) is 1.45. The minimum atomic E-state index is -2.33. The zero-order valence-electron chi connectivity index (χ0n) is 6.78. The van der Waals surface area contributed by atoms with Crippen LogP contribution in [0.25, 0.3) is 0 Å². The summed E-state index contributed by atoms with van der Waals surface area (Å²) in [6, 6.07) is 0. The Balaban J connectivity index is 3.23. The third kappa shape index (κ3) is 7.43. The van der Waals surface area contributed by atoms with Crippen molar-refractivity contribution in [1.82, 2.24) is 0 Å². The van der Waals surface area contributed by atoms with Crippen LogP contribution in [0.1, 0.15) is 39.0 Å². The number of rotatable bonds is 6. The van der Waals surface area contributed by atoms with Crippen molar-refractivity contribution in [3.05, 3.63) is 0 Å². The van der Waals surface area contributed by atoms with Crippen LogP contribution in [-0.2, 0) is 4.79 Å². The smallest absolute Gasteiger partial charge is 0.239 e. The summed E-state index contributed by atoms with van der Waals surface area (Å²) in [7, 11) is 0. The number of Topliss-reactive ketones (excluding diaryl/α,β-unsaturated/α-hetero) is 1. The predicted molar refractivity (Wildman–Crippen MR) is 39.8 cm³/mol. The van der Waals surface area contributed by atoms with Crippen LogP contribution in [0.2, 0.25) is 0 Å². The molecule has 0 radical (unpaired) electrons. The van der Waals surface area contributed by atoms with E-state index < -0.39 is 6.43 Å². The Morgan fingerprint density at radius 1 is 1.36 bits per heavy atom. The summed E-state index contributed by atoms with van der Waals surface area (Å²) in [5.41, 5.74) is 0. The second-order valence-electron chi connectivity index (χ2n) is 2.57. The van der Waals surface area contributed by atoms with Crippen LogP contribution in [0.15, 0.2) is 0 Å². The lowest BCUT2D eigenvalue weighted by atomic mass is 10.1. The lowest BCUT2D eigenvalue weighted by molar-refractivity contribution is -0.119. The summed E-state index contributed by atoms with van der Waals surface area (Å²) in [5, 5.41) is 0. The van der Waals surface area contributed by atoms with Gasteiger partial charge in [0.2, 0.25) is 6.43 Å². The van der Waals surface area contributed by atoms with Gasteiger partial charge in [0.05, 0.1) is 0 Å². The molecule has 0 aliphatic rings. The number of carbonyl (C=O) groups excluding carboxylic acids is 1. The molecule has 0 aromatic carbocycles. The zero-order chi connectivity index (χ0) is 8.69. The molecule has 3 heteroatoms. The number of hydrogen-bond acceptors (Lipinski definition) is 1. The van der Waals surface area contributed by atoms with Gasteiger partial charge in [0.1, 0.15) is 5.78 Å². The van der Waals surface area contributed by atoms with Gasteiger partial charge in [-0.1, -0.05) is 13.3 Å². The summed E-state index contributed by atoms with van der Waals surface area (Å²) in [6.45, 7) is 1.97. The van der Waals surface area contributed by atoms with Crippen molar-refractivity contribution in [2.24, 2.45) is 0 Å². The maximum atomic E-state index is 11.6. The second kappa shape index (κ2) is 6.25. The third-order valence-corrected chi connectivity index (χ3v) is 1.45. The van der Waals surface area contributed by atoms with Gasteiger partial charge >= 0.3 is 0 Å². The summed E-state index contributed by atoms with van der Waals surface area (Å²) in [6.07, 6.45) is -0.341. The molecule has 0 aromatic rings. The van der Waals surface area contributed by atoms with E-state index in [1.54, 1.807) is 0 Å². The van der Waals surface area contributed by atoms with E-state index >= 15 is 0 Å². The molecule has 1 nitrogen and oxygen atoms in total. The Morgan fingerprint density at radius 3 is 2.45 bits per heavy atom. The Kier molecular flexibility index (Phi) is 5.99. The molecule has 0 unspecified atom stereocenters. The highest BCUT2D eigenvalue weighted by Gasteiger charge is 2.06. The van der Waals surface area contributed by atoms with Crippen LogP contribution >= 0.6 is 0 Å². The fourth-order valence-electron chi connectivity index (χ4n) is 0.769. The zero-order valence-corrected chi connectivity index (χ0v) is 6.78. The Morgan fingerprint density at radius 2 is 2.00 bits per heavy atom. The first-order valence-electron chi connectivity index (χ1n) is 3.96. The number of alkyl halides is 2. The molecule has 66 valence electrons. The first kappa shape index (κ1) is 10.5. The fraction of sp³-hybridized carbons (Fsp3) is 0.875. The maximum absolute atomic E-state index is 11.6. The summed E-state index contributed by atoms with van der Waals surface area (Å²) < 4.78 is 23.1. The van der Waals surface area contributed by atoms with E-state index in [0.717, 1.165) is 12.8 Å². The molecular weight excluding hydrogens is 150 g/mol. The molecule has 0 spiro atoms. The number of halogens is 2. The highest BCUT2D eigenvalue weighted by atomic mass is 19.3. The Hall–Kier alpha value is -0.470. The van der Waals surface area contributed by atoms with E-state index in [-0.39, 0.29) is 18.6 Å². The number of ketones is 1. The maximum Gasteiger partial charge on any atom is 0.239 e. The molecule has 0 atom stereocenters. The molecule has 0 bridgehead atoms. The van der Waals surface area contributed by atoms with Gasteiger partial charge in [-0.2, -0.15) is 0 Å². The van der Waals surface area contributed by atoms with Crippen LogP contribution in [0.5, 0.6) is 0 Å². The van der Waals surface area contributed by atoms with E-state index in [1.807, 2.05) is 6.92 Å². The van der Waals surface area contributed by atoms with Gasteiger partial charge in [0.15, 0.2) is 0 Å². The van der Waals surface area contributed by atoms with Crippen LogP contribution in [0, 0.1) is 0 Å². The Labute approximate surface area is 65.8 Å². The molecule has 0 aliphatic carbocycles. The molecule has 0 N–H and O–H groups in total. The van der Waals surface area contributed by atoms with Crippen LogP contribution in [-0.4, -0.2) is 12.2 Å². The van der Waals surface area contributed by atoms with Crippen molar-refractivity contribution in [3.8, 4) is 0 Å². The average molecular weight is 164 g/mol. The van der Waals surface area contributed by atoms with E-state index in [9.17, 15) is 13.6 Å². The first-order valence-corrected chi connectivity index (χ1v) is 3.96. The molecule has 0 rings (SSSR count). The van der Waals surface area contributed by atoms with E-state index in [2.05, 4.69) is 0 Å².